The van der Waals surface area contributed by atoms with Crippen molar-refractivity contribution in [2.24, 2.45) is 0 Å². The van der Waals surface area contributed by atoms with Gasteiger partial charge in [-0.05, 0) is 101 Å². The summed E-state index contributed by atoms with van der Waals surface area (Å²) >= 11 is 0. The molecule has 0 spiro atoms. The van der Waals surface area contributed by atoms with E-state index in [2.05, 4.69) is 28.2 Å². The predicted octanol–water partition coefficient (Wildman–Crippen LogP) is 3.95. The summed E-state index contributed by atoms with van der Waals surface area (Å²) in [5, 5.41) is 20.3. The maximum atomic E-state index is 13.3. The zero-order chi connectivity index (χ0) is 38.0. The first-order valence-electron chi connectivity index (χ1n) is 17.4. The minimum atomic E-state index is -1.11. The average Bonchev–Trinajstić information content (AvgIpc) is 2.93. The molecule has 0 aliphatic heterocycles. The van der Waals surface area contributed by atoms with E-state index in [1.807, 2.05) is 0 Å². The van der Waals surface area contributed by atoms with E-state index < -0.39 is 70.8 Å². The van der Waals surface area contributed by atoms with Gasteiger partial charge in [-0.15, -0.1) is 0 Å². The van der Waals surface area contributed by atoms with Crippen molar-refractivity contribution in [3.05, 3.63) is 0 Å². The molecule has 0 aromatic heterocycles. The van der Waals surface area contributed by atoms with Gasteiger partial charge in [-0.2, -0.15) is 0 Å². The molecule has 0 saturated heterocycles. The Morgan fingerprint density at radius 1 is 0.592 bits per heavy atom. The van der Waals surface area contributed by atoms with Crippen molar-refractivity contribution < 1.29 is 48.1 Å². The van der Waals surface area contributed by atoms with Gasteiger partial charge in [0.25, 0.3) is 0 Å². The summed E-state index contributed by atoms with van der Waals surface area (Å²) in [6, 6.07) is -3.87. The average molecular weight is 701 g/mol. The number of carbonyl (C=O) groups excluding carboxylic acids is 6. The van der Waals surface area contributed by atoms with Crippen molar-refractivity contribution in [1.82, 2.24) is 21.3 Å². The third-order valence-corrected chi connectivity index (χ3v) is 6.70. The molecule has 0 aromatic rings. The predicted molar refractivity (Wildman–Crippen MR) is 185 cm³/mol. The van der Waals surface area contributed by atoms with Crippen LogP contribution in [0.5, 0.6) is 0 Å². The van der Waals surface area contributed by atoms with E-state index in [0.29, 0.717) is 6.42 Å². The Morgan fingerprint density at radius 2 is 1.12 bits per heavy atom. The third kappa shape index (κ3) is 23.6. The van der Waals surface area contributed by atoms with E-state index in [9.17, 15) is 33.9 Å². The van der Waals surface area contributed by atoms with E-state index in [-0.39, 0.29) is 51.0 Å². The van der Waals surface area contributed by atoms with Gasteiger partial charge >= 0.3 is 18.0 Å². The second-order valence-corrected chi connectivity index (χ2v) is 15.3. The Labute approximate surface area is 292 Å². The Kier molecular flexibility index (Phi) is 20.1. The highest BCUT2D eigenvalue weighted by molar-refractivity contribution is 5.91. The molecule has 14 nitrogen and oxygen atoms in total. The number of unbranched alkanes of at least 4 members (excludes halogenated alkanes) is 3. The number of esters is 2. The van der Waals surface area contributed by atoms with Gasteiger partial charge in [-0.1, -0.05) is 26.2 Å². The lowest BCUT2D eigenvalue weighted by molar-refractivity contribution is -0.159. The van der Waals surface area contributed by atoms with E-state index in [0.717, 1.165) is 19.3 Å². The van der Waals surface area contributed by atoms with Gasteiger partial charge < -0.3 is 40.6 Å². The molecule has 0 heterocycles. The number of carbonyl (C=O) groups is 6. The summed E-state index contributed by atoms with van der Waals surface area (Å²) in [7, 11) is 0. The minimum absolute atomic E-state index is 0.0729. The molecule has 49 heavy (non-hydrogen) atoms. The van der Waals surface area contributed by atoms with Gasteiger partial charge in [0.2, 0.25) is 17.7 Å². The SMILES string of the molecule is CCCCCCC(=O)N[C@H](CCC(=O)N[C@@H](CCC[C@H](CO)NC(=O)OC(C)(C)C)C(=O)N[C@H](C)C(=O)OC(C)(C)C)C(=O)OC(C)(C)C. The number of ether oxygens (including phenoxy) is 3. The van der Waals surface area contributed by atoms with Crippen LogP contribution >= 0.6 is 0 Å². The number of hydrogen-bond acceptors (Lipinski definition) is 10. The van der Waals surface area contributed by atoms with Crippen LogP contribution < -0.4 is 21.3 Å². The highest BCUT2D eigenvalue weighted by Gasteiger charge is 2.30. The zero-order valence-electron chi connectivity index (χ0n) is 31.7. The first-order valence-corrected chi connectivity index (χ1v) is 17.4. The summed E-state index contributed by atoms with van der Waals surface area (Å²) in [6.45, 7) is 18.5. The number of rotatable bonds is 20. The first-order chi connectivity index (χ1) is 22.5. The summed E-state index contributed by atoms with van der Waals surface area (Å²) < 4.78 is 16.1. The summed E-state index contributed by atoms with van der Waals surface area (Å²) in [5.41, 5.74) is -2.33. The molecule has 0 radical (unpaired) electrons. The molecule has 4 amide bonds. The number of aliphatic hydroxyl groups excluding tert-OH is 1. The topological polar surface area (TPSA) is 198 Å². The van der Waals surface area contributed by atoms with Gasteiger partial charge in [0.05, 0.1) is 12.6 Å². The molecular formula is C35H64N4O10. The Balaban J connectivity index is 5.70. The second kappa shape index (κ2) is 21.6. The molecule has 4 atom stereocenters. The lowest BCUT2D eigenvalue weighted by Gasteiger charge is -2.26. The van der Waals surface area contributed by atoms with Gasteiger partial charge in [0.15, 0.2) is 0 Å². The molecular weight excluding hydrogens is 636 g/mol. The van der Waals surface area contributed by atoms with Crippen LogP contribution in [0.2, 0.25) is 0 Å². The van der Waals surface area contributed by atoms with Crippen molar-refractivity contribution in [3.63, 3.8) is 0 Å². The molecule has 0 unspecified atom stereocenters. The van der Waals surface area contributed by atoms with Crippen molar-refractivity contribution in [1.29, 1.82) is 0 Å². The van der Waals surface area contributed by atoms with Crippen LogP contribution in [0, 0.1) is 0 Å². The largest absolute Gasteiger partial charge is 0.458 e. The molecule has 0 bridgehead atoms. The van der Waals surface area contributed by atoms with Crippen LogP contribution in [-0.2, 0) is 38.2 Å². The molecule has 14 heteroatoms. The van der Waals surface area contributed by atoms with Crippen LogP contribution in [0.4, 0.5) is 4.79 Å². The van der Waals surface area contributed by atoms with Crippen molar-refractivity contribution in [2.45, 2.75) is 181 Å². The lowest BCUT2D eigenvalue weighted by atomic mass is 10.0. The molecule has 0 aromatic carbocycles. The summed E-state index contributed by atoms with van der Waals surface area (Å²) in [5.74, 6) is -2.86. The van der Waals surface area contributed by atoms with Crippen LogP contribution in [0.15, 0.2) is 0 Å². The highest BCUT2D eigenvalue weighted by atomic mass is 16.6. The van der Waals surface area contributed by atoms with Crippen molar-refractivity contribution in [2.75, 3.05) is 6.61 Å². The second-order valence-electron chi connectivity index (χ2n) is 15.3. The minimum Gasteiger partial charge on any atom is -0.458 e. The van der Waals surface area contributed by atoms with E-state index in [1.165, 1.54) is 6.92 Å². The third-order valence-electron chi connectivity index (χ3n) is 6.70. The number of aliphatic hydroxyl groups is 1. The highest BCUT2D eigenvalue weighted by Crippen LogP contribution is 2.14. The Morgan fingerprint density at radius 3 is 1.65 bits per heavy atom. The maximum absolute atomic E-state index is 13.3. The number of amides is 4. The van der Waals surface area contributed by atoms with Crippen LogP contribution in [-0.4, -0.2) is 88.4 Å². The molecule has 0 saturated carbocycles. The van der Waals surface area contributed by atoms with Crippen LogP contribution in [0.3, 0.4) is 0 Å². The smallest absolute Gasteiger partial charge is 0.407 e. The fourth-order valence-corrected chi connectivity index (χ4v) is 4.43. The van der Waals surface area contributed by atoms with Gasteiger partial charge in [-0.25, -0.2) is 14.4 Å². The van der Waals surface area contributed by atoms with Crippen LogP contribution in [0.25, 0.3) is 0 Å². The summed E-state index contributed by atoms with van der Waals surface area (Å²) in [4.78, 5) is 76.8. The number of alkyl carbamates (subject to hydrolysis) is 1. The first kappa shape index (κ1) is 45.6. The van der Waals surface area contributed by atoms with Crippen LogP contribution in [0.1, 0.15) is 140 Å². The summed E-state index contributed by atoms with van der Waals surface area (Å²) in [6.07, 6.45) is 3.44. The Bertz CT molecular complexity index is 1080. The maximum Gasteiger partial charge on any atom is 0.407 e. The zero-order valence-corrected chi connectivity index (χ0v) is 31.7. The molecule has 0 aliphatic carbocycles. The molecule has 0 aliphatic rings. The van der Waals surface area contributed by atoms with E-state index in [1.54, 1.807) is 62.3 Å². The number of nitrogens with one attached hydrogen (secondary N) is 4. The van der Waals surface area contributed by atoms with Crippen molar-refractivity contribution in [3.8, 4) is 0 Å². The fourth-order valence-electron chi connectivity index (χ4n) is 4.43. The fraction of sp³-hybridized carbons (Fsp3) is 0.829. The van der Waals surface area contributed by atoms with E-state index >= 15 is 0 Å². The van der Waals surface area contributed by atoms with Gasteiger partial charge in [0, 0.05) is 12.8 Å². The van der Waals surface area contributed by atoms with E-state index in [4.69, 9.17) is 14.2 Å². The normalized spacial score (nSPS) is 14.4. The monoisotopic (exact) mass is 700 g/mol. The van der Waals surface area contributed by atoms with Crippen molar-refractivity contribution >= 4 is 35.8 Å². The van der Waals surface area contributed by atoms with Gasteiger partial charge in [0.1, 0.15) is 34.9 Å². The number of hydrogen-bond donors (Lipinski definition) is 5. The molecule has 0 rings (SSSR count). The quantitative estimate of drug-likeness (QED) is 0.0704. The lowest BCUT2D eigenvalue weighted by Crippen LogP contribution is -2.52. The Hall–Kier alpha value is -3.42. The molecule has 0 fully saturated rings. The molecule has 5 N–H and O–H groups in total. The van der Waals surface area contributed by atoms with Gasteiger partial charge in [-0.3, -0.25) is 14.4 Å². The standard InChI is InChI=1S/C35H64N4O10/c1-12-13-14-15-19-27(41)39-26(31(45)48-34(6,7)8)20-21-28(42)38-25(29(43)36-23(2)30(44)47-33(3,4)5)18-16-17-24(22-40)37-32(46)49-35(9,10)11/h23-26,40H,12-22H2,1-11H3,(H,36,43)(H,37,46)(H,38,42)(H,39,41)/t23-,24-,25+,26-/m1/s1. The molecule has 284 valence electrons.